The standard InChI is InChI=1S/C34H41FN6O7S2/c1-20-19-49-32(36-20)37-27-11-6-4-2-3-5-9-22-15-34(22,31(44)39-50(46,47)24-12-13-24)38-29(42)28-14-23(17-41(28)30(27)43)48-33(45)40-16-21-8-7-10-26(35)25(21)18-40/h5,7-10,19,22-24,27-28H,2-4,6,11-18H2,1H3,(H,36,37)(H,38,42)(H,39,44)/b9-5-/t22-,23+,27-,28-,34+/m0/s1. The maximum atomic E-state index is 14.4. The highest BCUT2D eigenvalue weighted by molar-refractivity contribution is 7.91. The molecule has 4 heterocycles. The minimum absolute atomic E-state index is 0.0373. The van der Waals surface area contributed by atoms with Crippen molar-refractivity contribution in [3.05, 3.63) is 58.4 Å². The lowest BCUT2D eigenvalue weighted by molar-refractivity contribution is -0.140. The van der Waals surface area contributed by atoms with Crippen LogP contribution < -0.4 is 15.4 Å². The largest absolute Gasteiger partial charge is 0.444 e. The van der Waals surface area contributed by atoms with Crippen LogP contribution in [0.15, 0.2) is 35.7 Å². The van der Waals surface area contributed by atoms with Gasteiger partial charge in [-0.1, -0.05) is 37.1 Å². The number of ether oxygens (including phenoxy) is 1. The second-order valence-corrected chi connectivity index (χ2v) is 16.8. The van der Waals surface area contributed by atoms with Crippen molar-refractivity contribution >= 4 is 50.3 Å². The third kappa shape index (κ3) is 7.09. The first-order valence-corrected chi connectivity index (χ1v) is 19.6. The normalized spacial score (nSPS) is 29.1. The van der Waals surface area contributed by atoms with Gasteiger partial charge in [-0.05, 0) is 57.1 Å². The molecule has 16 heteroatoms. The summed E-state index contributed by atoms with van der Waals surface area (Å²) in [5.74, 6) is -2.64. The molecule has 13 nitrogen and oxygen atoms in total. The summed E-state index contributed by atoms with van der Waals surface area (Å²) in [6.07, 6.45) is 6.98. The van der Waals surface area contributed by atoms with E-state index < -0.39 is 68.6 Å². The van der Waals surface area contributed by atoms with Gasteiger partial charge in [-0.25, -0.2) is 22.6 Å². The van der Waals surface area contributed by atoms with E-state index in [0.717, 1.165) is 31.4 Å². The first kappa shape index (κ1) is 34.4. The first-order valence-electron chi connectivity index (χ1n) is 17.2. The summed E-state index contributed by atoms with van der Waals surface area (Å²) in [6.45, 7) is 1.98. The number of aryl methyl sites for hydroxylation is 1. The highest BCUT2D eigenvalue weighted by Gasteiger charge is 2.62. The molecule has 0 bridgehead atoms. The summed E-state index contributed by atoms with van der Waals surface area (Å²) >= 11 is 1.37. The topological polar surface area (TPSA) is 167 Å². The number of anilines is 1. The minimum Gasteiger partial charge on any atom is -0.444 e. The van der Waals surface area contributed by atoms with E-state index in [1.54, 1.807) is 12.1 Å². The molecule has 50 heavy (non-hydrogen) atoms. The molecule has 1 saturated heterocycles. The molecule has 2 aromatic rings. The number of hydrogen-bond acceptors (Lipinski definition) is 10. The summed E-state index contributed by atoms with van der Waals surface area (Å²) in [4.78, 5) is 62.7. The van der Waals surface area contributed by atoms with E-state index in [1.165, 1.54) is 27.2 Å². The Morgan fingerprint density at radius 2 is 1.96 bits per heavy atom. The van der Waals surface area contributed by atoms with E-state index in [9.17, 15) is 32.0 Å². The van der Waals surface area contributed by atoms with Crippen LogP contribution in [0.1, 0.15) is 74.6 Å². The number of allylic oxidation sites excluding steroid dienone is 1. The monoisotopic (exact) mass is 728 g/mol. The molecule has 0 radical (unpaired) electrons. The SMILES string of the molecule is Cc1csc(N[C@H]2CCCCC/C=C\[C@H]3C[C@@]3(C(=O)NS(=O)(=O)C3CC3)NC(=O)[C@@H]3C[C@@H](OC(=O)N4Cc5cccc(F)c5C4)CN3C2=O)n1. The lowest BCUT2D eigenvalue weighted by atomic mass is 10.1. The van der Waals surface area contributed by atoms with Gasteiger partial charge >= 0.3 is 6.09 Å². The average Bonchev–Trinajstić information content (AvgIpc) is 3.89. The minimum atomic E-state index is -3.88. The van der Waals surface area contributed by atoms with E-state index in [1.807, 2.05) is 24.5 Å². The number of thiazole rings is 1. The fourth-order valence-corrected chi connectivity index (χ4v) is 9.25. The fourth-order valence-electron chi connectivity index (χ4n) is 7.14. The predicted molar refractivity (Wildman–Crippen MR) is 182 cm³/mol. The van der Waals surface area contributed by atoms with Gasteiger partial charge in [0.05, 0.1) is 24.0 Å². The first-order chi connectivity index (χ1) is 23.9. The van der Waals surface area contributed by atoms with Crippen molar-refractivity contribution in [2.24, 2.45) is 5.92 Å². The molecule has 7 rings (SSSR count). The molecule has 0 spiro atoms. The fraction of sp³-hybridized carbons (Fsp3) is 0.559. The van der Waals surface area contributed by atoms with Crippen LogP contribution in [-0.2, 0) is 42.2 Å². The zero-order valence-corrected chi connectivity index (χ0v) is 29.4. The second-order valence-electron chi connectivity index (χ2n) is 14.0. The molecule has 2 saturated carbocycles. The number of amides is 4. The van der Waals surface area contributed by atoms with Gasteiger partial charge < -0.3 is 20.3 Å². The number of fused-ring (bicyclic) bond motifs is 3. The van der Waals surface area contributed by atoms with Gasteiger partial charge in [-0.15, -0.1) is 11.3 Å². The van der Waals surface area contributed by atoms with Crippen LogP contribution in [0.4, 0.5) is 14.3 Å². The highest BCUT2D eigenvalue weighted by atomic mass is 32.2. The van der Waals surface area contributed by atoms with Crippen molar-refractivity contribution in [2.45, 2.75) is 107 Å². The zero-order valence-electron chi connectivity index (χ0n) is 27.7. The van der Waals surface area contributed by atoms with E-state index in [-0.39, 0.29) is 38.4 Å². The molecular weight excluding hydrogens is 688 g/mol. The Morgan fingerprint density at radius 3 is 2.70 bits per heavy atom. The van der Waals surface area contributed by atoms with E-state index >= 15 is 0 Å². The Morgan fingerprint density at radius 1 is 1.14 bits per heavy atom. The molecule has 4 amide bonds. The van der Waals surface area contributed by atoms with Crippen LogP contribution in [0.2, 0.25) is 0 Å². The molecule has 3 aliphatic heterocycles. The number of carbonyl (C=O) groups is 4. The van der Waals surface area contributed by atoms with Crippen molar-refractivity contribution in [3.63, 3.8) is 0 Å². The van der Waals surface area contributed by atoms with Crippen molar-refractivity contribution in [3.8, 4) is 0 Å². The maximum Gasteiger partial charge on any atom is 0.410 e. The Kier molecular flexibility index (Phi) is 9.35. The van der Waals surface area contributed by atoms with Gasteiger partial charge in [-0.3, -0.25) is 24.0 Å². The molecule has 5 atom stereocenters. The second kappa shape index (κ2) is 13.6. The third-order valence-electron chi connectivity index (χ3n) is 10.2. The molecule has 1 aromatic carbocycles. The van der Waals surface area contributed by atoms with Crippen LogP contribution in [0.3, 0.4) is 0 Å². The van der Waals surface area contributed by atoms with Gasteiger partial charge in [-0.2, -0.15) is 0 Å². The smallest absolute Gasteiger partial charge is 0.410 e. The number of nitrogens with zero attached hydrogens (tertiary/aromatic N) is 3. The molecule has 2 aliphatic carbocycles. The molecule has 5 aliphatic rings. The van der Waals surface area contributed by atoms with Crippen molar-refractivity contribution in [2.75, 3.05) is 11.9 Å². The van der Waals surface area contributed by atoms with Crippen molar-refractivity contribution in [1.29, 1.82) is 0 Å². The molecule has 0 unspecified atom stereocenters. The van der Waals surface area contributed by atoms with Crippen LogP contribution in [-0.4, -0.2) is 82.5 Å². The number of benzene rings is 1. The van der Waals surface area contributed by atoms with Crippen molar-refractivity contribution < 1.29 is 36.7 Å². The Hall–Kier alpha value is -4.05. The van der Waals surface area contributed by atoms with Crippen molar-refractivity contribution in [1.82, 2.24) is 24.8 Å². The summed E-state index contributed by atoms with van der Waals surface area (Å²) < 4.78 is 48.0. The number of hydrogen-bond donors (Lipinski definition) is 3. The van der Waals surface area contributed by atoms with Gasteiger partial charge in [0.25, 0.3) is 5.91 Å². The van der Waals surface area contributed by atoms with Crippen LogP contribution >= 0.6 is 11.3 Å². The summed E-state index contributed by atoms with van der Waals surface area (Å²) in [5, 5.41) is 7.91. The van der Waals surface area contributed by atoms with Gasteiger partial charge in [0.2, 0.25) is 21.8 Å². The lowest BCUT2D eigenvalue weighted by Gasteiger charge is -2.29. The third-order valence-corrected chi connectivity index (χ3v) is 12.9. The average molecular weight is 729 g/mol. The molecule has 3 fully saturated rings. The number of carbonyl (C=O) groups excluding carboxylic acids is 4. The Balaban J connectivity index is 1.14. The van der Waals surface area contributed by atoms with E-state index in [0.29, 0.717) is 35.5 Å². The number of rotatable bonds is 6. The van der Waals surface area contributed by atoms with Gasteiger partial charge in [0.15, 0.2) is 5.13 Å². The Labute approximate surface area is 294 Å². The van der Waals surface area contributed by atoms with Gasteiger partial charge in [0, 0.05) is 29.8 Å². The predicted octanol–water partition coefficient (Wildman–Crippen LogP) is 3.50. The van der Waals surface area contributed by atoms with Gasteiger partial charge in [0.1, 0.15) is 29.5 Å². The molecular formula is C34H41FN6O7S2. The molecule has 1 aromatic heterocycles. The number of sulfonamides is 1. The highest BCUT2D eigenvalue weighted by Crippen LogP contribution is 2.46. The summed E-state index contributed by atoms with van der Waals surface area (Å²) in [7, 11) is -3.88. The quantitative estimate of drug-likeness (QED) is 0.378. The van der Waals surface area contributed by atoms with Crippen LogP contribution in [0.5, 0.6) is 0 Å². The number of aromatic nitrogens is 1. The summed E-state index contributed by atoms with van der Waals surface area (Å²) in [5.41, 5.74) is 0.405. The summed E-state index contributed by atoms with van der Waals surface area (Å²) in [6, 6.07) is 2.83. The number of nitrogens with one attached hydrogen (secondary N) is 3. The maximum absolute atomic E-state index is 14.4. The number of halogens is 1. The lowest BCUT2D eigenvalue weighted by Crippen LogP contribution is -2.57. The Bertz CT molecular complexity index is 1830. The van der Waals surface area contributed by atoms with E-state index in [2.05, 4.69) is 20.3 Å². The van der Waals surface area contributed by atoms with Crippen LogP contribution in [0.25, 0.3) is 0 Å². The van der Waals surface area contributed by atoms with Crippen LogP contribution in [0, 0.1) is 18.7 Å². The molecule has 3 N–H and O–H groups in total. The zero-order chi connectivity index (χ0) is 35.2. The molecule has 268 valence electrons. The van der Waals surface area contributed by atoms with E-state index in [4.69, 9.17) is 4.74 Å².